The average Bonchev–Trinajstić information content (AvgIpc) is 2.55. The maximum absolute atomic E-state index is 10.3. The van der Waals surface area contributed by atoms with Gasteiger partial charge in [-0.2, -0.15) is 0 Å². The molecule has 0 N–H and O–H groups in total. The maximum atomic E-state index is 10.3. The summed E-state index contributed by atoms with van der Waals surface area (Å²) in [6, 6.07) is 3.93. The van der Waals surface area contributed by atoms with Gasteiger partial charge in [0, 0.05) is 11.3 Å². The van der Waals surface area contributed by atoms with Crippen molar-refractivity contribution in [3.05, 3.63) is 22.4 Å². The minimum Gasteiger partial charge on any atom is -0.268 e. The number of rotatable bonds is 5. The molecule has 0 bridgehead atoms. The molecule has 1 unspecified atom stereocenters. The first-order chi connectivity index (χ1) is 6.22. The van der Waals surface area contributed by atoms with Gasteiger partial charge in [-0.05, 0) is 17.9 Å². The van der Waals surface area contributed by atoms with Crippen LogP contribution in [0.2, 0.25) is 0 Å². The fourth-order valence-corrected chi connectivity index (χ4v) is 2.27. The number of thiophene rings is 1. The molecule has 0 amide bonds. The molecule has 0 aromatic carbocycles. The Labute approximate surface area is 83.5 Å². The van der Waals surface area contributed by atoms with Crippen LogP contribution in [-0.2, 0) is 21.6 Å². The standard InChI is InChI=1S/C8H12O3S2/c1-2-7(11-13(9)10)6-8-4-3-5-12-8/h3-5,7,13H,2,6H2,1H3. The molecule has 0 saturated carbocycles. The quantitative estimate of drug-likeness (QED) is 0.767. The van der Waals surface area contributed by atoms with Crippen molar-refractivity contribution in [3.63, 3.8) is 0 Å². The van der Waals surface area contributed by atoms with E-state index in [4.69, 9.17) is 4.18 Å². The van der Waals surface area contributed by atoms with Crippen LogP contribution >= 0.6 is 11.3 Å². The van der Waals surface area contributed by atoms with E-state index in [0.29, 0.717) is 12.8 Å². The zero-order chi connectivity index (χ0) is 9.68. The third-order valence-electron chi connectivity index (χ3n) is 1.70. The highest BCUT2D eigenvalue weighted by Gasteiger charge is 2.09. The molecule has 0 saturated heterocycles. The van der Waals surface area contributed by atoms with Gasteiger partial charge in [0.25, 0.3) is 11.0 Å². The van der Waals surface area contributed by atoms with Crippen LogP contribution in [0.5, 0.6) is 0 Å². The maximum Gasteiger partial charge on any atom is 0.257 e. The zero-order valence-corrected chi connectivity index (χ0v) is 9.01. The molecule has 1 aromatic rings. The normalized spacial score (nSPS) is 13.4. The molecule has 0 aliphatic rings. The highest BCUT2D eigenvalue weighted by Crippen LogP contribution is 2.14. The number of hydrogen-bond acceptors (Lipinski definition) is 4. The largest absolute Gasteiger partial charge is 0.268 e. The summed E-state index contributed by atoms with van der Waals surface area (Å²) in [5.41, 5.74) is 0. The molecule has 0 spiro atoms. The molecule has 1 rings (SSSR count). The Balaban J connectivity index is 2.49. The van der Waals surface area contributed by atoms with E-state index < -0.39 is 11.0 Å². The summed E-state index contributed by atoms with van der Waals surface area (Å²) in [5.74, 6) is 0. The van der Waals surface area contributed by atoms with E-state index in [1.165, 1.54) is 0 Å². The third kappa shape index (κ3) is 3.89. The monoisotopic (exact) mass is 220 g/mol. The second kappa shape index (κ2) is 5.36. The van der Waals surface area contributed by atoms with Crippen molar-refractivity contribution in [2.24, 2.45) is 0 Å². The molecule has 1 heterocycles. The predicted octanol–water partition coefficient (Wildman–Crippen LogP) is 1.61. The van der Waals surface area contributed by atoms with Gasteiger partial charge in [-0.25, -0.2) is 8.42 Å². The first-order valence-corrected chi connectivity index (χ1v) is 6.03. The zero-order valence-electron chi connectivity index (χ0n) is 7.30. The van der Waals surface area contributed by atoms with Crippen molar-refractivity contribution in [1.29, 1.82) is 0 Å². The van der Waals surface area contributed by atoms with Gasteiger partial charge in [-0.3, -0.25) is 4.18 Å². The van der Waals surface area contributed by atoms with Crippen molar-refractivity contribution in [3.8, 4) is 0 Å². The molecule has 5 heteroatoms. The van der Waals surface area contributed by atoms with E-state index in [9.17, 15) is 8.42 Å². The summed E-state index contributed by atoms with van der Waals surface area (Å²) < 4.78 is 25.4. The van der Waals surface area contributed by atoms with E-state index in [2.05, 4.69) is 0 Å². The van der Waals surface area contributed by atoms with Gasteiger partial charge in [-0.1, -0.05) is 13.0 Å². The molecule has 3 nitrogen and oxygen atoms in total. The molecule has 1 atom stereocenters. The van der Waals surface area contributed by atoms with Crippen LogP contribution in [0.15, 0.2) is 17.5 Å². The van der Waals surface area contributed by atoms with Crippen molar-refractivity contribution < 1.29 is 12.6 Å². The first-order valence-electron chi connectivity index (χ1n) is 4.06. The van der Waals surface area contributed by atoms with Gasteiger partial charge in [0.05, 0.1) is 6.10 Å². The van der Waals surface area contributed by atoms with Crippen LogP contribution in [0.4, 0.5) is 0 Å². The molecule has 74 valence electrons. The Kier molecular flexibility index (Phi) is 4.41. The second-order valence-electron chi connectivity index (χ2n) is 2.64. The van der Waals surface area contributed by atoms with E-state index in [0.717, 1.165) is 4.88 Å². The van der Waals surface area contributed by atoms with Gasteiger partial charge < -0.3 is 0 Å². The minimum absolute atomic E-state index is 0.209. The fraction of sp³-hybridized carbons (Fsp3) is 0.500. The number of hydrogen-bond donors (Lipinski definition) is 1. The SMILES string of the molecule is CCC(Cc1cccs1)O[SH](=O)=O. The van der Waals surface area contributed by atoms with Crippen molar-refractivity contribution in [2.45, 2.75) is 25.9 Å². The lowest BCUT2D eigenvalue weighted by Crippen LogP contribution is -2.13. The highest BCUT2D eigenvalue weighted by atomic mass is 32.2. The Morgan fingerprint density at radius 1 is 1.62 bits per heavy atom. The van der Waals surface area contributed by atoms with Crippen molar-refractivity contribution in [2.75, 3.05) is 0 Å². The topological polar surface area (TPSA) is 43.4 Å². The molecule has 0 aliphatic carbocycles. The molecule has 0 aliphatic heterocycles. The molecule has 0 fully saturated rings. The predicted molar refractivity (Wildman–Crippen MR) is 53.5 cm³/mol. The molecule has 13 heavy (non-hydrogen) atoms. The minimum atomic E-state index is -2.72. The van der Waals surface area contributed by atoms with Crippen LogP contribution in [0, 0.1) is 0 Å². The van der Waals surface area contributed by atoms with E-state index >= 15 is 0 Å². The van der Waals surface area contributed by atoms with Crippen LogP contribution < -0.4 is 0 Å². The van der Waals surface area contributed by atoms with Crippen LogP contribution in [0.25, 0.3) is 0 Å². The van der Waals surface area contributed by atoms with E-state index in [-0.39, 0.29) is 6.10 Å². The van der Waals surface area contributed by atoms with Crippen LogP contribution in [-0.4, -0.2) is 14.5 Å². The summed E-state index contributed by atoms with van der Waals surface area (Å²) >= 11 is 1.62. The average molecular weight is 220 g/mol. The molecular weight excluding hydrogens is 208 g/mol. The summed E-state index contributed by atoms with van der Waals surface area (Å²) in [7, 11) is -2.72. The Hall–Kier alpha value is -0.390. The van der Waals surface area contributed by atoms with Crippen LogP contribution in [0.3, 0.4) is 0 Å². The Bertz CT molecular complexity index is 295. The van der Waals surface area contributed by atoms with Crippen molar-refractivity contribution >= 4 is 22.3 Å². The summed E-state index contributed by atoms with van der Waals surface area (Å²) in [6.07, 6.45) is 1.18. The fourth-order valence-electron chi connectivity index (χ4n) is 1.03. The summed E-state index contributed by atoms with van der Waals surface area (Å²) in [6.45, 7) is 1.91. The third-order valence-corrected chi connectivity index (χ3v) is 3.07. The summed E-state index contributed by atoms with van der Waals surface area (Å²) in [4.78, 5) is 1.16. The van der Waals surface area contributed by atoms with Crippen molar-refractivity contribution in [1.82, 2.24) is 0 Å². The van der Waals surface area contributed by atoms with Gasteiger partial charge >= 0.3 is 0 Å². The molecule has 0 radical (unpaired) electrons. The van der Waals surface area contributed by atoms with Gasteiger partial charge in [-0.15, -0.1) is 11.3 Å². The van der Waals surface area contributed by atoms with Gasteiger partial charge in [0.15, 0.2) is 0 Å². The van der Waals surface area contributed by atoms with Crippen LogP contribution in [0.1, 0.15) is 18.2 Å². The highest BCUT2D eigenvalue weighted by molar-refractivity contribution is 7.67. The smallest absolute Gasteiger partial charge is 0.257 e. The molecule has 1 aromatic heterocycles. The van der Waals surface area contributed by atoms with Gasteiger partial charge in [0.1, 0.15) is 0 Å². The number of thiol groups is 1. The summed E-state index contributed by atoms with van der Waals surface area (Å²) in [5, 5.41) is 1.97. The lowest BCUT2D eigenvalue weighted by Gasteiger charge is -2.09. The van der Waals surface area contributed by atoms with E-state index in [1.54, 1.807) is 11.3 Å². The Morgan fingerprint density at radius 2 is 2.38 bits per heavy atom. The molecular formula is C8H12O3S2. The van der Waals surface area contributed by atoms with Gasteiger partial charge in [0.2, 0.25) is 0 Å². The van der Waals surface area contributed by atoms with E-state index in [1.807, 2.05) is 24.4 Å². The first kappa shape index (κ1) is 10.7. The second-order valence-corrected chi connectivity index (χ2v) is 4.33. The lowest BCUT2D eigenvalue weighted by molar-refractivity contribution is 0.215. The lowest BCUT2D eigenvalue weighted by atomic mass is 10.2. The Morgan fingerprint density at radius 3 is 2.85 bits per heavy atom.